The van der Waals surface area contributed by atoms with Gasteiger partial charge >= 0.3 is 5.97 Å². The Bertz CT molecular complexity index is 398. The lowest BCUT2D eigenvalue weighted by Gasteiger charge is -2.29. The zero-order chi connectivity index (χ0) is 12.3. The van der Waals surface area contributed by atoms with Crippen LogP contribution < -0.4 is 0 Å². The summed E-state index contributed by atoms with van der Waals surface area (Å²) in [5.41, 5.74) is 2.29. The molecule has 1 aliphatic heterocycles. The normalized spacial score (nSPS) is 18.2. The first kappa shape index (κ1) is 12.0. The van der Waals surface area contributed by atoms with Crippen LogP contribution in [0.2, 0.25) is 0 Å². The van der Waals surface area contributed by atoms with Gasteiger partial charge in [-0.05, 0) is 50.6 Å². The van der Waals surface area contributed by atoms with Crippen molar-refractivity contribution < 1.29 is 9.90 Å². The smallest absolute Gasteiger partial charge is 0.306 e. The molecular weight excluding hydrogens is 216 g/mol. The highest BCUT2D eigenvalue weighted by atomic mass is 16.4. The molecule has 0 aliphatic carbocycles. The summed E-state index contributed by atoms with van der Waals surface area (Å²) >= 11 is 0. The van der Waals surface area contributed by atoms with Gasteiger partial charge < -0.3 is 5.11 Å². The quantitative estimate of drug-likeness (QED) is 0.864. The maximum absolute atomic E-state index is 10.8. The van der Waals surface area contributed by atoms with Crippen LogP contribution in [0.3, 0.4) is 0 Å². The van der Waals surface area contributed by atoms with E-state index in [4.69, 9.17) is 5.11 Å². The molecule has 2 rings (SSSR count). The van der Waals surface area contributed by atoms with Crippen LogP contribution in [0.25, 0.3) is 0 Å². The first-order valence-corrected chi connectivity index (χ1v) is 6.02. The standard InChI is InChI=1S/C13H18N2O2/c1-10-8-11(2-5-14-10)9-15-6-3-12(4-7-15)13(16)17/h2,5,8,12H,3-4,6-7,9H2,1H3,(H,16,17). The maximum atomic E-state index is 10.8. The molecule has 1 aromatic heterocycles. The number of hydrogen-bond donors (Lipinski definition) is 1. The second kappa shape index (κ2) is 5.27. The molecule has 4 heteroatoms. The third-order valence-electron chi connectivity index (χ3n) is 3.30. The second-order valence-corrected chi connectivity index (χ2v) is 4.69. The minimum absolute atomic E-state index is 0.148. The Labute approximate surface area is 101 Å². The SMILES string of the molecule is Cc1cc(CN2CCC(C(=O)O)CC2)ccn1. The third kappa shape index (κ3) is 3.27. The molecular formula is C13H18N2O2. The number of hydrogen-bond acceptors (Lipinski definition) is 3. The predicted octanol–water partition coefficient (Wildman–Crippen LogP) is 1.69. The fraction of sp³-hybridized carbons (Fsp3) is 0.538. The zero-order valence-corrected chi connectivity index (χ0v) is 10.1. The van der Waals surface area contributed by atoms with Gasteiger partial charge in [-0.2, -0.15) is 0 Å². The van der Waals surface area contributed by atoms with Crippen molar-refractivity contribution in [3.05, 3.63) is 29.6 Å². The highest BCUT2D eigenvalue weighted by Gasteiger charge is 2.24. The van der Waals surface area contributed by atoms with Gasteiger partial charge in [-0.15, -0.1) is 0 Å². The number of aliphatic carboxylic acids is 1. The Hall–Kier alpha value is -1.42. The van der Waals surface area contributed by atoms with Gasteiger partial charge in [0.1, 0.15) is 0 Å². The number of carboxylic acids is 1. The number of aryl methyl sites for hydroxylation is 1. The molecule has 0 saturated carbocycles. The topological polar surface area (TPSA) is 53.4 Å². The Morgan fingerprint density at radius 3 is 2.82 bits per heavy atom. The van der Waals surface area contributed by atoms with Crippen molar-refractivity contribution in [1.82, 2.24) is 9.88 Å². The van der Waals surface area contributed by atoms with Crippen molar-refractivity contribution in [1.29, 1.82) is 0 Å². The van der Waals surface area contributed by atoms with Crippen molar-refractivity contribution in [3.63, 3.8) is 0 Å². The van der Waals surface area contributed by atoms with Crippen molar-refractivity contribution in [2.24, 2.45) is 5.92 Å². The third-order valence-corrected chi connectivity index (χ3v) is 3.30. The minimum Gasteiger partial charge on any atom is -0.481 e. The van der Waals surface area contributed by atoms with E-state index in [0.717, 1.165) is 38.2 Å². The van der Waals surface area contributed by atoms with Gasteiger partial charge in [-0.25, -0.2) is 0 Å². The molecule has 0 atom stereocenters. The van der Waals surface area contributed by atoms with E-state index in [-0.39, 0.29) is 5.92 Å². The van der Waals surface area contributed by atoms with Gasteiger partial charge in [0, 0.05) is 18.4 Å². The van der Waals surface area contributed by atoms with Crippen LogP contribution in [-0.4, -0.2) is 34.0 Å². The molecule has 92 valence electrons. The van der Waals surface area contributed by atoms with E-state index in [9.17, 15) is 4.79 Å². The van der Waals surface area contributed by atoms with E-state index in [1.54, 1.807) is 0 Å². The summed E-state index contributed by atoms with van der Waals surface area (Å²) < 4.78 is 0. The minimum atomic E-state index is -0.649. The van der Waals surface area contributed by atoms with Gasteiger partial charge in [0.25, 0.3) is 0 Å². The molecule has 0 amide bonds. The Balaban J connectivity index is 1.88. The fourth-order valence-electron chi connectivity index (χ4n) is 2.30. The largest absolute Gasteiger partial charge is 0.481 e. The molecule has 0 bridgehead atoms. The molecule has 0 spiro atoms. The summed E-state index contributed by atoms with van der Waals surface area (Å²) in [4.78, 5) is 17.3. The van der Waals surface area contributed by atoms with Gasteiger partial charge in [0.15, 0.2) is 0 Å². The maximum Gasteiger partial charge on any atom is 0.306 e. The second-order valence-electron chi connectivity index (χ2n) is 4.69. The molecule has 1 saturated heterocycles. The lowest BCUT2D eigenvalue weighted by atomic mass is 9.97. The summed E-state index contributed by atoms with van der Waals surface area (Å²) in [5.74, 6) is -0.796. The van der Waals surface area contributed by atoms with Gasteiger partial charge in [-0.3, -0.25) is 14.7 Å². The molecule has 1 N–H and O–H groups in total. The van der Waals surface area contributed by atoms with Crippen molar-refractivity contribution in [3.8, 4) is 0 Å². The first-order chi connectivity index (χ1) is 8.15. The van der Waals surface area contributed by atoms with Gasteiger partial charge in [0.05, 0.1) is 5.92 Å². The lowest BCUT2D eigenvalue weighted by molar-refractivity contribution is -0.143. The highest BCUT2D eigenvalue weighted by molar-refractivity contribution is 5.70. The number of rotatable bonds is 3. The number of carboxylic acid groups (broad SMARTS) is 1. The molecule has 0 aromatic carbocycles. The van der Waals surface area contributed by atoms with Gasteiger partial charge in [0.2, 0.25) is 0 Å². The van der Waals surface area contributed by atoms with Crippen molar-refractivity contribution in [2.75, 3.05) is 13.1 Å². The van der Waals surface area contributed by atoms with Crippen LogP contribution in [0.1, 0.15) is 24.1 Å². The highest BCUT2D eigenvalue weighted by Crippen LogP contribution is 2.19. The molecule has 1 fully saturated rings. The Kier molecular flexibility index (Phi) is 3.74. The van der Waals surface area contributed by atoms with Crippen molar-refractivity contribution >= 4 is 5.97 Å². The van der Waals surface area contributed by atoms with Gasteiger partial charge in [-0.1, -0.05) is 0 Å². The number of likely N-dealkylation sites (tertiary alicyclic amines) is 1. The van der Waals surface area contributed by atoms with Crippen molar-refractivity contribution in [2.45, 2.75) is 26.3 Å². The molecule has 0 radical (unpaired) electrons. The number of pyridine rings is 1. The molecule has 1 aliphatic rings. The number of aromatic nitrogens is 1. The summed E-state index contributed by atoms with van der Waals surface area (Å²) in [7, 11) is 0. The Morgan fingerprint density at radius 2 is 2.24 bits per heavy atom. The molecule has 2 heterocycles. The van der Waals surface area contributed by atoms with E-state index in [1.165, 1.54) is 5.56 Å². The van der Waals surface area contributed by atoms with Crippen LogP contribution >= 0.6 is 0 Å². The van der Waals surface area contributed by atoms with Crippen LogP contribution in [0.5, 0.6) is 0 Å². The predicted molar refractivity (Wildman–Crippen MR) is 64.6 cm³/mol. The van der Waals surface area contributed by atoms with Crippen LogP contribution in [0.15, 0.2) is 18.3 Å². The first-order valence-electron chi connectivity index (χ1n) is 6.02. The molecule has 17 heavy (non-hydrogen) atoms. The number of piperidine rings is 1. The summed E-state index contributed by atoms with van der Waals surface area (Å²) in [6.07, 6.45) is 3.35. The average molecular weight is 234 g/mol. The zero-order valence-electron chi connectivity index (χ0n) is 10.1. The van der Waals surface area contributed by atoms with E-state index in [2.05, 4.69) is 16.0 Å². The summed E-state index contributed by atoms with van der Waals surface area (Å²) in [5, 5.41) is 8.92. The molecule has 1 aromatic rings. The van der Waals surface area contributed by atoms with E-state index in [0.29, 0.717) is 0 Å². The average Bonchev–Trinajstić information content (AvgIpc) is 2.29. The summed E-state index contributed by atoms with van der Waals surface area (Å²) in [6.45, 7) is 4.63. The summed E-state index contributed by atoms with van der Waals surface area (Å²) in [6, 6.07) is 4.11. The number of nitrogens with zero attached hydrogens (tertiary/aromatic N) is 2. The monoisotopic (exact) mass is 234 g/mol. The van der Waals surface area contributed by atoms with E-state index >= 15 is 0 Å². The van der Waals surface area contributed by atoms with Crippen LogP contribution in [0.4, 0.5) is 0 Å². The lowest BCUT2D eigenvalue weighted by Crippen LogP contribution is -2.35. The van der Waals surface area contributed by atoms with E-state index in [1.807, 2.05) is 19.2 Å². The van der Waals surface area contributed by atoms with Crippen LogP contribution in [-0.2, 0) is 11.3 Å². The van der Waals surface area contributed by atoms with E-state index < -0.39 is 5.97 Å². The molecule has 4 nitrogen and oxygen atoms in total. The fourth-order valence-corrected chi connectivity index (χ4v) is 2.30. The molecule has 0 unspecified atom stereocenters. The Morgan fingerprint density at radius 1 is 1.53 bits per heavy atom. The van der Waals surface area contributed by atoms with Crippen LogP contribution in [0, 0.1) is 12.8 Å². The number of carbonyl (C=O) groups is 1.